The van der Waals surface area contributed by atoms with E-state index in [-0.39, 0.29) is 25.1 Å². The second kappa shape index (κ2) is 11.3. The summed E-state index contributed by atoms with van der Waals surface area (Å²) in [5.74, 6) is -0.0773. The minimum Gasteiger partial charge on any atom is -0.385 e. The van der Waals surface area contributed by atoms with Gasteiger partial charge in [0.1, 0.15) is 0 Å². The number of fused-ring (bicyclic) bond motifs is 1. The predicted molar refractivity (Wildman–Crippen MR) is 139 cm³/mol. The Morgan fingerprint density at radius 2 is 2.05 bits per heavy atom. The van der Waals surface area contributed by atoms with E-state index in [9.17, 15) is 23.1 Å². The summed E-state index contributed by atoms with van der Waals surface area (Å²) in [6, 6.07) is 1.34. The van der Waals surface area contributed by atoms with Crippen LogP contribution in [0.2, 0.25) is 0 Å². The van der Waals surface area contributed by atoms with E-state index in [4.69, 9.17) is 4.74 Å². The summed E-state index contributed by atoms with van der Waals surface area (Å²) in [5, 5.41) is 11.2. The van der Waals surface area contributed by atoms with Crippen molar-refractivity contribution >= 4 is 12.1 Å². The number of aromatic nitrogens is 1. The number of nitrogens with zero attached hydrogens (tertiary/aromatic N) is 4. The van der Waals surface area contributed by atoms with Crippen LogP contribution in [0.25, 0.3) is 0 Å². The second-order valence-electron chi connectivity index (χ2n) is 10.7. The number of methoxy groups -OCH3 is 1. The number of carbonyl (C=O) groups is 1. The molecule has 0 bridgehead atoms. The molecule has 4 rings (SSSR count). The van der Waals surface area contributed by atoms with E-state index in [1.807, 2.05) is 6.92 Å². The van der Waals surface area contributed by atoms with E-state index in [1.165, 1.54) is 0 Å². The summed E-state index contributed by atoms with van der Waals surface area (Å²) in [4.78, 5) is 26.0. The van der Waals surface area contributed by atoms with Crippen LogP contribution < -0.4 is 0 Å². The number of likely N-dealkylation sites (tertiary alicyclic amines) is 1. The summed E-state index contributed by atoms with van der Waals surface area (Å²) in [7, 11) is 1.57. The molecule has 1 aromatic heterocycles. The monoisotopic (exact) mass is 534 g/mol. The number of aliphatic hydroxyl groups is 1. The van der Waals surface area contributed by atoms with Gasteiger partial charge in [-0.2, -0.15) is 13.2 Å². The third kappa shape index (κ3) is 5.72. The molecule has 38 heavy (non-hydrogen) atoms. The van der Waals surface area contributed by atoms with Crippen molar-refractivity contribution in [3.63, 3.8) is 0 Å². The smallest absolute Gasteiger partial charge is 0.385 e. The van der Waals surface area contributed by atoms with Gasteiger partial charge in [-0.3, -0.25) is 19.7 Å². The van der Waals surface area contributed by atoms with E-state index in [2.05, 4.69) is 21.5 Å². The first kappa shape index (κ1) is 28.4. The number of amides is 1. The Morgan fingerprint density at radius 1 is 1.32 bits per heavy atom. The zero-order chi connectivity index (χ0) is 27.6. The fraction of sp³-hybridized carbons (Fsp3) is 0.607. The number of rotatable bonds is 7. The third-order valence-electron chi connectivity index (χ3n) is 8.33. The maximum absolute atomic E-state index is 13.9. The Balaban J connectivity index is 1.45. The predicted octanol–water partition coefficient (Wildman–Crippen LogP) is 4.16. The molecular formula is C28H37F3N4O3. The molecule has 2 aliphatic heterocycles. The number of hydrogen-bond acceptors (Lipinski definition) is 6. The average Bonchev–Trinajstić information content (AvgIpc) is 3.33. The van der Waals surface area contributed by atoms with E-state index in [0.29, 0.717) is 55.6 Å². The fourth-order valence-corrected chi connectivity index (χ4v) is 6.19. The Kier molecular flexibility index (Phi) is 8.44. The first-order valence-electron chi connectivity index (χ1n) is 13.2. The molecule has 0 radical (unpaired) electrons. The van der Waals surface area contributed by atoms with Gasteiger partial charge in [0.15, 0.2) is 0 Å². The van der Waals surface area contributed by atoms with Gasteiger partial charge in [0.05, 0.1) is 23.2 Å². The molecule has 1 saturated carbocycles. The summed E-state index contributed by atoms with van der Waals surface area (Å²) < 4.78 is 45.2. The van der Waals surface area contributed by atoms with Crippen LogP contribution >= 0.6 is 0 Å². The largest absolute Gasteiger partial charge is 0.417 e. The number of hydrogen-bond donors (Lipinski definition) is 1. The molecule has 1 N–H and O–H groups in total. The lowest BCUT2D eigenvalue weighted by molar-refractivity contribution is -0.146. The maximum Gasteiger partial charge on any atom is 0.417 e. The van der Waals surface area contributed by atoms with E-state index >= 15 is 0 Å². The van der Waals surface area contributed by atoms with Crippen molar-refractivity contribution in [3.05, 3.63) is 53.5 Å². The van der Waals surface area contributed by atoms with Crippen LogP contribution in [0.15, 0.2) is 41.7 Å². The van der Waals surface area contributed by atoms with Crippen molar-refractivity contribution in [1.82, 2.24) is 14.8 Å². The Hall–Kier alpha value is -2.56. The zero-order valence-corrected chi connectivity index (χ0v) is 22.1. The molecule has 2 fully saturated rings. The van der Waals surface area contributed by atoms with Crippen molar-refractivity contribution in [2.45, 2.75) is 69.8 Å². The Labute approximate surface area is 222 Å². The van der Waals surface area contributed by atoms with Crippen LogP contribution in [-0.2, 0) is 28.7 Å². The van der Waals surface area contributed by atoms with Gasteiger partial charge in [0.2, 0.25) is 5.91 Å². The molecule has 1 saturated heterocycles. The van der Waals surface area contributed by atoms with Crippen LogP contribution in [0.3, 0.4) is 0 Å². The summed E-state index contributed by atoms with van der Waals surface area (Å²) in [6.07, 6.45) is 5.13. The molecule has 0 aromatic carbocycles. The highest BCUT2D eigenvalue weighted by Gasteiger charge is 2.49. The molecule has 1 unspecified atom stereocenters. The van der Waals surface area contributed by atoms with Crippen LogP contribution in [0.1, 0.15) is 55.8 Å². The fourth-order valence-electron chi connectivity index (χ4n) is 6.19. The van der Waals surface area contributed by atoms with Crippen molar-refractivity contribution in [3.8, 4) is 0 Å². The molecule has 3 aliphatic rings. The molecule has 3 heterocycles. The first-order chi connectivity index (χ1) is 18.0. The summed E-state index contributed by atoms with van der Waals surface area (Å²) in [6.45, 7) is 7.69. The first-order valence-corrected chi connectivity index (χ1v) is 13.2. The molecule has 1 amide bonds. The molecule has 1 atom stereocenters. The van der Waals surface area contributed by atoms with Crippen LogP contribution in [-0.4, -0.2) is 77.0 Å². The number of aliphatic imine (C=N–C) groups is 1. The van der Waals surface area contributed by atoms with Gasteiger partial charge in [0, 0.05) is 69.1 Å². The second-order valence-corrected chi connectivity index (χ2v) is 10.7. The van der Waals surface area contributed by atoms with E-state index < -0.39 is 22.8 Å². The minimum absolute atomic E-state index is 0.0773. The summed E-state index contributed by atoms with van der Waals surface area (Å²) in [5.41, 5.74) is -0.730. The molecule has 208 valence electrons. The number of pyridine rings is 1. The summed E-state index contributed by atoms with van der Waals surface area (Å²) >= 11 is 0. The highest BCUT2D eigenvalue weighted by molar-refractivity contribution is 5.84. The molecular weight excluding hydrogens is 497 g/mol. The van der Waals surface area contributed by atoms with Crippen LogP contribution in [0.5, 0.6) is 0 Å². The number of ether oxygens (including phenoxy) is 1. The van der Waals surface area contributed by atoms with Crippen molar-refractivity contribution in [2.75, 3.05) is 33.4 Å². The average molecular weight is 535 g/mol. The highest BCUT2D eigenvalue weighted by atomic mass is 19.4. The number of carbonyl (C=O) groups excluding carboxylic acids is 1. The molecule has 1 aliphatic carbocycles. The standard InChI is InChI=1S/C28H37F3N4O3/c1-4-21(15-32-5-2)27(37)9-6-23(7-10-27)35-13-11-26(18-35,19-38-3)25(36)34-12-8-24-20(17-34)14-22(16-33-24)28(29,30)31/h4-5,14-16,23,37H,1,6-13,17-19H2,2-3H3/b21-15+,32-5?. The van der Waals surface area contributed by atoms with Crippen molar-refractivity contribution in [1.29, 1.82) is 0 Å². The van der Waals surface area contributed by atoms with Gasteiger partial charge < -0.3 is 14.7 Å². The SMILES string of the molecule is C=C/C(=C\N=CC)C1(O)CCC(N2CCC(COC)(C(=O)N3CCc4ncc(C(F)(F)F)cc4C3)C2)CC1. The quantitative estimate of drug-likeness (QED) is 0.420. The highest BCUT2D eigenvalue weighted by Crippen LogP contribution is 2.41. The number of halogens is 3. The van der Waals surface area contributed by atoms with Gasteiger partial charge in [-0.25, -0.2) is 0 Å². The van der Waals surface area contributed by atoms with Gasteiger partial charge in [0.25, 0.3) is 0 Å². The number of alkyl halides is 3. The zero-order valence-electron chi connectivity index (χ0n) is 22.1. The molecule has 0 spiro atoms. The van der Waals surface area contributed by atoms with Gasteiger partial charge >= 0.3 is 6.18 Å². The van der Waals surface area contributed by atoms with Crippen LogP contribution in [0.4, 0.5) is 13.2 Å². The van der Waals surface area contributed by atoms with Gasteiger partial charge in [-0.05, 0) is 57.2 Å². The third-order valence-corrected chi connectivity index (χ3v) is 8.33. The maximum atomic E-state index is 13.9. The van der Waals surface area contributed by atoms with E-state index in [0.717, 1.165) is 31.6 Å². The molecule has 1 aromatic rings. The Morgan fingerprint density at radius 3 is 2.68 bits per heavy atom. The van der Waals surface area contributed by atoms with Crippen molar-refractivity contribution in [2.24, 2.45) is 10.4 Å². The van der Waals surface area contributed by atoms with E-state index in [1.54, 1.807) is 30.5 Å². The molecule has 10 heteroatoms. The van der Waals surface area contributed by atoms with Crippen LogP contribution in [0, 0.1) is 5.41 Å². The minimum atomic E-state index is -4.48. The topological polar surface area (TPSA) is 78.3 Å². The normalized spacial score (nSPS) is 29.1. The lowest BCUT2D eigenvalue weighted by Gasteiger charge is -2.41. The van der Waals surface area contributed by atoms with Gasteiger partial charge in [-0.1, -0.05) is 12.7 Å². The lowest BCUT2D eigenvalue weighted by Crippen LogP contribution is -2.51. The molecule has 7 nitrogen and oxygen atoms in total. The van der Waals surface area contributed by atoms with Crippen molar-refractivity contribution < 1.29 is 27.8 Å². The Bertz CT molecular complexity index is 1100. The lowest BCUT2D eigenvalue weighted by atomic mass is 9.77. The van der Waals surface area contributed by atoms with Gasteiger partial charge in [-0.15, -0.1) is 0 Å².